The Labute approximate surface area is 120 Å². The summed E-state index contributed by atoms with van der Waals surface area (Å²) in [6.45, 7) is 0. The second-order valence-electron chi connectivity index (χ2n) is 3.56. The lowest BCUT2D eigenvalue weighted by Gasteiger charge is -2.11. The van der Waals surface area contributed by atoms with Crippen LogP contribution >= 0.6 is 31.9 Å². The molecule has 0 N–H and O–H groups in total. The lowest BCUT2D eigenvalue weighted by atomic mass is 10.2. The van der Waals surface area contributed by atoms with Crippen LogP contribution in [0.25, 0.3) is 0 Å². The monoisotopic (exact) mass is 376 g/mol. The first-order valence-corrected chi connectivity index (χ1v) is 6.99. The Hall–Kier alpha value is -0.940. The fraction of sp³-hybridized carbons (Fsp3) is 0.0769. The van der Waals surface area contributed by atoms with Gasteiger partial charge in [-0.25, -0.2) is 8.78 Å². The number of ether oxygens (including phenoxy) is 1. The molecule has 0 radical (unpaired) electrons. The second-order valence-corrected chi connectivity index (χ2v) is 4.98. The van der Waals surface area contributed by atoms with Gasteiger partial charge in [-0.1, -0.05) is 15.9 Å². The van der Waals surface area contributed by atoms with Gasteiger partial charge in [-0.2, -0.15) is 0 Å². The van der Waals surface area contributed by atoms with Crippen LogP contribution in [0.3, 0.4) is 0 Å². The summed E-state index contributed by atoms with van der Waals surface area (Å²) in [5.41, 5.74) is 0.658. The van der Waals surface area contributed by atoms with E-state index >= 15 is 0 Å². The van der Waals surface area contributed by atoms with Gasteiger partial charge in [0.2, 0.25) is 0 Å². The molecule has 18 heavy (non-hydrogen) atoms. The minimum atomic E-state index is -0.393. The Balaban J connectivity index is 2.36. The molecule has 2 rings (SSSR count). The minimum Gasteiger partial charge on any atom is -0.456 e. The van der Waals surface area contributed by atoms with Crippen molar-refractivity contribution in [1.29, 1.82) is 0 Å². The molecule has 2 aromatic rings. The van der Waals surface area contributed by atoms with Gasteiger partial charge < -0.3 is 4.74 Å². The van der Waals surface area contributed by atoms with Crippen LogP contribution in [-0.2, 0) is 5.33 Å². The van der Waals surface area contributed by atoms with Crippen LogP contribution in [0.2, 0.25) is 0 Å². The van der Waals surface area contributed by atoms with Crippen molar-refractivity contribution in [2.75, 3.05) is 0 Å². The molecule has 1 nitrogen and oxygen atoms in total. The quantitative estimate of drug-likeness (QED) is 0.649. The average Bonchev–Trinajstić information content (AvgIpc) is 2.36. The summed E-state index contributed by atoms with van der Waals surface area (Å²) in [5.74, 6) is 0.106. The van der Waals surface area contributed by atoms with E-state index in [1.54, 1.807) is 6.07 Å². The molecule has 5 heteroatoms. The zero-order valence-corrected chi connectivity index (χ0v) is 12.3. The van der Waals surface area contributed by atoms with E-state index in [4.69, 9.17) is 4.74 Å². The molecule has 0 aliphatic carbocycles. The molecule has 0 atom stereocenters. The van der Waals surface area contributed by atoms with E-state index in [9.17, 15) is 8.78 Å². The van der Waals surface area contributed by atoms with E-state index in [-0.39, 0.29) is 5.82 Å². The molecule has 94 valence electrons. The first-order valence-electron chi connectivity index (χ1n) is 5.07. The van der Waals surface area contributed by atoms with Gasteiger partial charge in [-0.15, -0.1) is 0 Å². The third kappa shape index (κ3) is 3.09. The zero-order valence-electron chi connectivity index (χ0n) is 9.09. The van der Waals surface area contributed by atoms with Crippen molar-refractivity contribution in [3.63, 3.8) is 0 Å². The highest BCUT2D eigenvalue weighted by atomic mass is 79.9. The predicted molar refractivity (Wildman–Crippen MR) is 73.2 cm³/mol. The summed E-state index contributed by atoms with van der Waals surface area (Å²) in [5, 5.41) is 0.451. The number of halogens is 4. The maximum atomic E-state index is 13.1. The van der Waals surface area contributed by atoms with Gasteiger partial charge in [0.15, 0.2) is 0 Å². The van der Waals surface area contributed by atoms with Gasteiger partial charge in [0.25, 0.3) is 0 Å². The van der Waals surface area contributed by atoms with E-state index in [0.29, 0.717) is 26.9 Å². The molecule has 0 saturated heterocycles. The van der Waals surface area contributed by atoms with Crippen molar-refractivity contribution in [3.8, 4) is 11.5 Å². The Bertz CT molecular complexity index is 573. The van der Waals surface area contributed by atoms with Crippen LogP contribution in [0.15, 0.2) is 40.9 Å². The van der Waals surface area contributed by atoms with E-state index in [2.05, 4.69) is 31.9 Å². The van der Waals surface area contributed by atoms with Crippen molar-refractivity contribution >= 4 is 31.9 Å². The molecule has 0 amide bonds. The van der Waals surface area contributed by atoms with Crippen molar-refractivity contribution in [3.05, 3.63) is 58.1 Å². The summed E-state index contributed by atoms with van der Waals surface area (Å²) < 4.78 is 32.4. The third-order valence-electron chi connectivity index (χ3n) is 2.28. The van der Waals surface area contributed by atoms with Gasteiger partial charge in [-0.05, 0) is 46.3 Å². The zero-order chi connectivity index (χ0) is 13.1. The SMILES string of the molecule is Fc1ccc(Oc2cc(F)ccc2Br)c(CBr)c1. The molecule has 2 aromatic carbocycles. The van der Waals surface area contributed by atoms with Gasteiger partial charge in [0.05, 0.1) is 4.47 Å². The Morgan fingerprint density at radius 2 is 1.61 bits per heavy atom. The molecular formula is C13H8Br2F2O. The normalized spacial score (nSPS) is 10.4. The summed E-state index contributed by atoms with van der Waals surface area (Å²) in [7, 11) is 0. The third-order valence-corrected chi connectivity index (χ3v) is 3.54. The summed E-state index contributed by atoms with van der Waals surface area (Å²) >= 11 is 6.53. The highest BCUT2D eigenvalue weighted by molar-refractivity contribution is 9.10. The summed E-state index contributed by atoms with van der Waals surface area (Å²) in [6, 6.07) is 8.34. The van der Waals surface area contributed by atoms with E-state index in [1.807, 2.05) is 0 Å². The molecule has 0 unspecified atom stereocenters. The van der Waals surface area contributed by atoms with Gasteiger partial charge in [0.1, 0.15) is 23.1 Å². The first kappa shape index (κ1) is 13.5. The molecule has 0 heterocycles. The number of alkyl halides is 1. The Morgan fingerprint density at radius 1 is 0.944 bits per heavy atom. The van der Waals surface area contributed by atoms with Crippen molar-refractivity contribution < 1.29 is 13.5 Å². The smallest absolute Gasteiger partial charge is 0.144 e. The molecule has 0 spiro atoms. The van der Waals surface area contributed by atoms with Gasteiger partial charge in [0, 0.05) is 17.0 Å². The largest absolute Gasteiger partial charge is 0.456 e. The molecule has 0 aliphatic heterocycles. The Morgan fingerprint density at radius 3 is 2.33 bits per heavy atom. The van der Waals surface area contributed by atoms with Crippen LogP contribution in [-0.4, -0.2) is 0 Å². The van der Waals surface area contributed by atoms with Crippen LogP contribution in [0, 0.1) is 11.6 Å². The first-order chi connectivity index (χ1) is 8.60. The van der Waals surface area contributed by atoms with Crippen LogP contribution < -0.4 is 4.74 Å². The maximum absolute atomic E-state index is 13.1. The molecule has 0 aliphatic rings. The van der Waals surface area contributed by atoms with Crippen molar-refractivity contribution in [2.45, 2.75) is 5.33 Å². The number of hydrogen-bond donors (Lipinski definition) is 0. The van der Waals surface area contributed by atoms with Gasteiger partial charge in [-0.3, -0.25) is 0 Å². The second kappa shape index (κ2) is 5.80. The Kier molecular flexibility index (Phi) is 4.35. The lowest BCUT2D eigenvalue weighted by Crippen LogP contribution is -1.92. The summed E-state index contributed by atoms with van der Waals surface area (Å²) in [4.78, 5) is 0. The fourth-order valence-electron chi connectivity index (χ4n) is 1.43. The van der Waals surface area contributed by atoms with E-state index in [0.717, 1.165) is 0 Å². The van der Waals surface area contributed by atoms with E-state index in [1.165, 1.54) is 30.3 Å². The highest BCUT2D eigenvalue weighted by Gasteiger charge is 2.09. The minimum absolute atomic E-state index is 0.338. The fourth-order valence-corrected chi connectivity index (χ4v) is 2.19. The number of rotatable bonds is 3. The number of hydrogen-bond acceptors (Lipinski definition) is 1. The molecule has 0 aromatic heterocycles. The maximum Gasteiger partial charge on any atom is 0.144 e. The summed E-state index contributed by atoms with van der Waals surface area (Å²) in [6.07, 6.45) is 0. The van der Waals surface area contributed by atoms with E-state index < -0.39 is 5.82 Å². The van der Waals surface area contributed by atoms with Crippen LogP contribution in [0.4, 0.5) is 8.78 Å². The van der Waals surface area contributed by atoms with Crippen LogP contribution in [0.5, 0.6) is 11.5 Å². The predicted octanol–water partition coefficient (Wildman–Crippen LogP) is 5.41. The number of benzene rings is 2. The molecule has 0 fully saturated rings. The van der Waals surface area contributed by atoms with Gasteiger partial charge >= 0.3 is 0 Å². The van der Waals surface area contributed by atoms with Crippen molar-refractivity contribution in [2.24, 2.45) is 0 Å². The van der Waals surface area contributed by atoms with Crippen LogP contribution in [0.1, 0.15) is 5.56 Å². The molecular weight excluding hydrogens is 370 g/mol. The molecule has 0 saturated carbocycles. The highest BCUT2D eigenvalue weighted by Crippen LogP contribution is 2.33. The molecule has 0 bridgehead atoms. The average molecular weight is 378 g/mol. The standard InChI is InChI=1S/C13H8Br2F2O/c14-7-8-5-9(16)2-4-12(8)18-13-6-10(17)1-3-11(13)15/h1-6H,7H2. The topological polar surface area (TPSA) is 9.23 Å². The van der Waals surface area contributed by atoms with Crippen molar-refractivity contribution in [1.82, 2.24) is 0 Å². The lowest BCUT2D eigenvalue weighted by molar-refractivity contribution is 0.468.